The SMILES string of the molecule is Cc1cc2ncc3c(Cl)c(-c4ccccc4)c(C4=CC=C(C(C)(C)CC(C)C)CC4)nc3n2n1. The summed E-state index contributed by atoms with van der Waals surface area (Å²) in [5, 5.41) is 6.13. The molecule has 0 aliphatic heterocycles. The van der Waals surface area contributed by atoms with Crippen LogP contribution >= 0.6 is 11.6 Å². The molecule has 5 heteroatoms. The van der Waals surface area contributed by atoms with Crippen molar-refractivity contribution in [3.05, 3.63) is 76.7 Å². The number of benzene rings is 1. The predicted molar refractivity (Wildman–Crippen MR) is 142 cm³/mol. The highest BCUT2D eigenvalue weighted by Gasteiger charge is 2.27. The Morgan fingerprint density at radius 2 is 1.85 bits per heavy atom. The molecule has 0 atom stereocenters. The largest absolute Gasteiger partial charge is 0.236 e. The molecule has 4 aromatic rings. The summed E-state index contributed by atoms with van der Waals surface area (Å²) in [5.41, 5.74) is 8.29. The quantitative estimate of drug-likeness (QED) is 0.296. The van der Waals surface area contributed by atoms with Crippen molar-refractivity contribution >= 4 is 33.9 Å². The Hall–Kier alpha value is -2.98. The zero-order valence-electron chi connectivity index (χ0n) is 20.6. The third-order valence-corrected chi connectivity index (χ3v) is 7.19. The third kappa shape index (κ3) is 4.05. The number of aryl methyl sites for hydroxylation is 1. The fourth-order valence-corrected chi connectivity index (χ4v) is 5.68. The average molecular weight is 471 g/mol. The summed E-state index contributed by atoms with van der Waals surface area (Å²) in [4.78, 5) is 9.77. The average Bonchev–Trinajstić information content (AvgIpc) is 3.19. The van der Waals surface area contributed by atoms with Crippen molar-refractivity contribution in [1.29, 1.82) is 0 Å². The molecule has 0 saturated heterocycles. The zero-order chi connectivity index (χ0) is 24.0. The van der Waals surface area contributed by atoms with E-state index in [0.717, 1.165) is 52.0 Å². The van der Waals surface area contributed by atoms with Crippen LogP contribution in [0.2, 0.25) is 5.02 Å². The summed E-state index contributed by atoms with van der Waals surface area (Å²) < 4.78 is 1.81. The van der Waals surface area contributed by atoms with Crippen LogP contribution in [-0.4, -0.2) is 19.6 Å². The van der Waals surface area contributed by atoms with E-state index in [1.165, 1.54) is 17.6 Å². The van der Waals surface area contributed by atoms with Gasteiger partial charge < -0.3 is 0 Å². The van der Waals surface area contributed by atoms with Gasteiger partial charge in [0.25, 0.3) is 0 Å². The molecule has 1 aliphatic carbocycles. The molecule has 1 aliphatic rings. The van der Waals surface area contributed by atoms with E-state index in [4.69, 9.17) is 16.6 Å². The van der Waals surface area contributed by atoms with Crippen molar-refractivity contribution < 1.29 is 0 Å². The second kappa shape index (κ2) is 8.66. The van der Waals surface area contributed by atoms with Crippen molar-refractivity contribution in [2.24, 2.45) is 11.3 Å². The molecular formula is C29H31ClN4. The molecule has 5 rings (SSSR count). The van der Waals surface area contributed by atoms with Crippen molar-refractivity contribution in [3.8, 4) is 11.1 Å². The van der Waals surface area contributed by atoms with Gasteiger partial charge in [0.2, 0.25) is 0 Å². The number of hydrogen-bond acceptors (Lipinski definition) is 3. The lowest BCUT2D eigenvalue weighted by atomic mass is 9.73. The molecule has 34 heavy (non-hydrogen) atoms. The minimum Gasteiger partial charge on any atom is -0.236 e. The number of hydrogen-bond donors (Lipinski definition) is 0. The van der Waals surface area contributed by atoms with E-state index in [1.807, 2.05) is 41.9 Å². The second-order valence-corrected chi connectivity index (χ2v) is 10.8. The van der Waals surface area contributed by atoms with Crippen LogP contribution in [0, 0.1) is 18.3 Å². The van der Waals surface area contributed by atoms with Gasteiger partial charge in [0.05, 0.1) is 21.8 Å². The first kappa shape index (κ1) is 22.8. The number of aromatic nitrogens is 4. The maximum Gasteiger partial charge on any atom is 0.166 e. The number of nitrogens with zero attached hydrogens (tertiary/aromatic N) is 4. The highest BCUT2D eigenvalue weighted by molar-refractivity contribution is 6.38. The van der Waals surface area contributed by atoms with E-state index in [0.29, 0.717) is 10.9 Å². The molecule has 0 spiro atoms. The number of pyridine rings is 1. The predicted octanol–water partition coefficient (Wildman–Crippen LogP) is 8.08. The summed E-state index contributed by atoms with van der Waals surface area (Å²) in [5.74, 6) is 0.667. The fraction of sp³-hybridized carbons (Fsp3) is 0.345. The molecule has 0 N–H and O–H groups in total. The Kier molecular flexibility index (Phi) is 5.81. The first-order chi connectivity index (χ1) is 16.2. The van der Waals surface area contributed by atoms with E-state index in [-0.39, 0.29) is 5.41 Å². The lowest BCUT2D eigenvalue weighted by Gasteiger charge is -2.32. The monoisotopic (exact) mass is 470 g/mol. The summed E-state index contributed by atoms with van der Waals surface area (Å²) >= 11 is 7.10. The van der Waals surface area contributed by atoms with E-state index < -0.39 is 0 Å². The standard InChI is InChI=1S/C29H31ClN4/c1-18(2)16-29(4,5)22-13-11-21(12-14-22)27-25(20-9-7-6-8-10-20)26(30)23-17-31-24-15-19(3)33-34(24)28(23)32-27/h6-11,13,15,17-18H,12,14,16H2,1-5H3. The smallest absolute Gasteiger partial charge is 0.166 e. The number of fused-ring (bicyclic) bond motifs is 3. The summed E-state index contributed by atoms with van der Waals surface area (Å²) in [6, 6.07) is 12.3. The van der Waals surface area contributed by atoms with Gasteiger partial charge in [-0.1, -0.05) is 87.4 Å². The molecule has 0 fully saturated rings. The molecule has 0 saturated carbocycles. The van der Waals surface area contributed by atoms with Crippen LogP contribution < -0.4 is 0 Å². The maximum atomic E-state index is 7.10. The third-order valence-electron chi connectivity index (χ3n) is 6.79. The Morgan fingerprint density at radius 1 is 1.09 bits per heavy atom. The lowest BCUT2D eigenvalue weighted by molar-refractivity contribution is 0.335. The highest BCUT2D eigenvalue weighted by Crippen LogP contribution is 2.44. The molecule has 4 nitrogen and oxygen atoms in total. The summed E-state index contributed by atoms with van der Waals surface area (Å²) in [6.07, 6.45) is 9.54. The Bertz CT molecular complexity index is 1440. The van der Waals surface area contributed by atoms with Gasteiger partial charge in [-0.25, -0.2) is 9.97 Å². The summed E-state index contributed by atoms with van der Waals surface area (Å²) in [6.45, 7) is 11.3. The van der Waals surface area contributed by atoms with Gasteiger partial charge in [0.1, 0.15) is 0 Å². The lowest BCUT2D eigenvalue weighted by Crippen LogP contribution is -2.19. The normalized spacial score (nSPS) is 14.7. The fourth-order valence-electron chi connectivity index (χ4n) is 5.35. The van der Waals surface area contributed by atoms with Gasteiger partial charge in [-0.2, -0.15) is 9.61 Å². The van der Waals surface area contributed by atoms with Crippen LogP contribution in [-0.2, 0) is 0 Å². The van der Waals surface area contributed by atoms with E-state index >= 15 is 0 Å². The van der Waals surface area contributed by atoms with E-state index in [2.05, 4.69) is 62.1 Å². The van der Waals surface area contributed by atoms with Crippen molar-refractivity contribution in [3.63, 3.8) is 0 Å². The molecule has 3 aromatic heterocycles. The van der Waals surface area contributed by atoms with Gasteiger partial charge in [0.15, 0.2) is 11.3 Å². The van der Waals surface area contributed by atoms with Gasteiger partial charge in [-0.05, 0) is 48.7 Å². The molecule has 174 valence electrons. The maximum absolute atomic E-state index is 7.10. The molecule has 0 amide bonds. The highest BCUT2D eigenvalue weighted by atomic mass is 35.5. The van der Waals surface area contributed by atoms with Gasteiger partial charge >= 0.3 is 0 Å². The van der Waals surface area contributed by atoms with Crippen LogP contribution in [0.15, 0.2) is 60.3 Å². The minimum absolute atomic E-state index is 0.192. The van der Waals surface area contributed by atoms with Crippen molar-refractivity contribution in [1.82, 2.24) is 19.6 Å². The van der Waals surface area contributed by atoms with Crippen molar-refractivity contribution in [2.75, 3.05) is 0 Å². The van der Waals surface area contributed by atoms with Gasteiger partial charge in [-0.3, -0.25) is 0 Å². The van der Waals surface area contributed by atoms with Crippen LogP contribution in [0.4, 0.5) is 0 Å². The van der Waals surface area contributed by atoms with E-state index in [1.54, 1.807) is 0 Å². The molecule has 1 aromatic carbocycles. The number of rotatable bonds is 5. The minimum atomic E-state index is 0.192. The van der Waals surface area contributed by atoms with Crippen LogP contribution in [0.3, 0.4) is 0 Å². The summed E-state index contributed by atoms with van der Waals surface area (Å²) in [7, 11) is 0. The topological polar surface area (TPSA) is 43.1 Å². The van der Waals surface area contributed by atoms with Crippen molar-refractivity contribution in [2.45, 2.75) is 53.9 Å². The zero-order valence-corrected chi connectivity index (χ0v) is 21.3. The van der Waals surface area contributed by atoms with E-state index in [9.17, 15) is 0 Å². The molecule has 0 radical (unpaired) electrons. The first-order valence-corrected chi connectivity index (χ1v) is 12.4. The Balaban J connectivity index is 1.73. The van der Waals surface area contributed by atoms with Gasteiger partial charge in [0, 0.05) is 17.8 Å². The Morgan fingerprint density at radius 3 is 2.53 bits per heavy atom. The molecule has 3 heterocycles. The van der Waals surface area contributed by atoms with Crippen LogP contribution in [0.1, 0.15) is 58.3 Å². The van der Waals surface area contributed by atoms with Crippen LogP contribution in [0.5, 0.6) is 0 Å². The first-order valence-electron chi connectivity index (χ1n) is 12.0. The number of allylic oxidation sites excluding steroid dienone is 4. The second-order valence-electron chi connectivity index (χ2n) is 10.4. The van der Waals surface area contributed by atoms with Crippen LogP contribution in [0.25, 0.3) is 33.4 Å². The van der Waals surface area contributed by atoms with Gasteiger partial charge in [-0.15, -0.1) is 0 Å². The molecule has 0 bridgehead atoms. The molecular weight excluding hydrogens is 440 g/mol. The Labute approximate surface area is 206 Å². The molecule has 0 unspecified atom stereocenters. The number of halogens is 1.